The van der Waals surface area contributed by atoms with Crippen LogP contribution in [-0.2, 0) is 0 Å². The molecular formula is C15H21ClN2. The number of fused-ring (bicyclic) bond motifs is 1. The first-order valence-electron chi connectivity index (χ1n) is 6.97. The van der Waals surface area contributed by atoms with Gasteiger partial charge in [-0.15, -0.1) is 0 Å². The zero-order valence-electron chi connectivity index (χ0n) is 10.9. The Balaban J connectivity index is 1.74. The number of hydrogen-bond acceptors (Lipinski definition) is 2. The van der Waals surface area contributed by atoms with Crippen LogP contribution >= 0.6 is 11.6 Å². The molecule has 2 nitrogen and oxygen atoms in total. The van der Waals surface area contributed by atoms with Gasteiger partial charge in [0, 0.05) is 30.2 Å². The molecule has 3 heteroatoms. The van der Waals surface area contributed by atoms with Crippen molar-refractivity contribution in [3.63, 3.8) is 0 Å². The summed E-state index contributed by atoms with van der Waals surface area (Å²) in [7, 11) is 0. The van der Waals surface area contributed by atoms with Crippen molar-refractivity contribution in [2.75, 3.05) is 19.6 Å². The molecule has 0 aromatic heterocycles. The van der Waals surface area contributed by atoms with Crippen LogP contribution in [0.25, 0.3) is 0 Å². The molecule has 2 fully saturated rings. The molecule has 2 saturated heterocycles. The first-order chi connectivity index (χ1) is 8.75. The lowest BCUT2D eigenvalue weighted by atomic mass is 9.94. The molecule has 3 atom stereocenters. The van der Waals surface area contributed by atoms with Crippen molar-refractivity contribution < 1.29 is 0 Å². The highest BCUT2D eigenvalue weighted by molar-refractivity contribution is 6.31. The standard InChI is InChI=1S/C15H21ClN2/c1-11(13-6-2-3-7-14(13)16)18-9-12-5-4-8-17-15(12)10-18/h2-3,6-7,11-12,15,17H,4-5,8-10H2,1H3. The highest BCUT2D eigenvalue weighted by Gasteiger charge is 2.36. The van der Waals surface area contributed by atoms with Crippen LogP contribution in [0.5, 0.6) is 0 Å². The molecule has 0 radical (unpaired) electrons. The monoisotopic (exact) mass is 264 g/mol. The van der Waals surface area contributed by atoms with Gasteiger partial charge >= 0.3 is 0 Å². The van der Waals surface area contributed by atoms with Crippen LogP contribution in [0.15, 0.2) is 24.3 Å². The lowest BCUT2D eigenvalue weighted by molar-refractivity contribution is 0.251. The van der Waals surface area contributed by atoms with Gasteiger partial charge in [0.25, 0.3) is 0 Å². The molecule has 18 heavy (non-hydrogen) atoms. The second-order valence-electron chi connectivity index (χ2n) is 5.61. The summed E-state index contributed by atoms with van der Waals surface area (Å²) in [5.74, 6) is 0.837. The zero-order chi connectivity index (χ0) is 12.5. The van der Waals surface area contributed by atoms with E-state index in [2.05, 4.69) is 29.3 Å². The number of hydrogen-bond donors (Lipinski definition) is 1. The molecule has 0 amide bonds. The van der Waals surface area contributed by atoms with Gasteiger partial charge in [-0.3, -0.25) is 4.90 Å². The molecule has 3 unspecified atom stereocenters. The van der Waals surface area contributed by atoms with E-state index in [1.165, 1.54) is 31.5 Å². The van der Waals surface area contributed by atoms with E-state index < -0.39 is 0 Å². The number of piperidine rings is 1. The maximum Gasteiger partial charge on any atom is 0.0453 e. The minimum Gasteiger partial charge on any atom is -0.312 e. The predicted octanol–water partition coefficient (Wildman–Crippen LogP) is 3.08. The Labute approximate surface area is 114 Å². The molecule has 0 spiro atoms. The van der Waals surface area contributed by atoms with E-state index in [9.17, 15) is 0 Å². The molecule has 1 aromatic rings. The normalized spacial score (nSPS) is 30.1. The Bertz CT molecular complexity index is 407. The van der Waals surface area contributed by atoms with E-state index in [1.807, 2.05) is 12.1 Å². The number of rotatable bonds is 2. The highest BCUT2D eigenvalue weighted by atomic mass is 35.5. The molecule has 0 saturated carbocycles. The van der Waals surface area contributed by atoms with Gasteiger partial charge in [0.05, 0.1) is 0 Å². The zero-order valence-corrected chi connectivity index (χ0v) is 11.7. The summed E-state index contributed by atoms with van der Waals surface area (Å²) < 4.78 is 0. The van der Waals surface area contributed by atoms with Gasteiger partial charge in [-0.05, 0) is 43.9 Å². The summed E-state index contributed by atoms with van der Waals surface area (Å²) in [5.41, 5.74) is 1.26. The molecule has 0 aliphatic carbocycles. The fourth-order valence-electron chi connectivity index (χ4n) is 3.41. The third kappa shape index (κ3) is 2.29. The number of nitrogens with one attached hydrogen (secondary N) is 1. The summed E-state index contributed by atoms with van der Waals surface area (Å²) in [6.07, 6.45) is 2.71. The average molecular weight is 265 g/mol. The highest BCUT2D eigenvalue weighted by Crippen LogP contribution is 2.33. The smallest absolute Gasteiger partial charge is 0.0453 e. The minimum absolute atomic E-state index is 0.422. The summed E-state index contributed by atoms with van der Waals surface area (Å²) >= 11 is 6.31. The SMILES string of the molecule is CC(c1ccccc1Cl)N1CC2CCCNC2C1. The second kappa shape index (κ2) is 5.20. The van der Waals surface area contributed by atoms with E-state index in [4.69, 9.17) is 11.6 Å². The molecule has 98 valence electrons. The lowest BCUT2D eigenvalue weighted by Gasteiger charge is -2.25. The first-order valence-corrected chi connectivity index (χ1v) is 7.35. The molecule has 1 N–H and O–H groups in total. The van der Waals surface area contributed by atoms with E-state index in [-0.39, 0.29) is 0 Å². The van der Waals surface area contributed by atoms with Crippen molar-refractivity contribution in [3.05, 3.63) is 34.9 Å². The number of nitrogens with zero attached hydrogens (tertiary/aromatic N) is 1. The van der Waals surface area contributed by atoms with Gasteiger partial charge in [0.2, 0.25) is 0 Å². The van der Waals surface area contributed by atoms with E-state index in [0.717, 1.165) is 17.5 Å². The molecule has 0 bridgehead atoms. The van der Waals surface area contributed by atoms with E-state index in [1.54, 1.807) is 0 Å². The van der Waals surface area contributed by atoms with Crippen molar-refractivity contribution in [3.8, 4) is 0 Å². The average Bonchev–Trinajstić information content (AvgIpc) is 2.82. The Morgan fingerprint density at radius 1 is 1.33 bits per heavy atom. The number of benzene rings is 1. The maximum absolute atomic E-state index is 6.31. The molecule has 2 heterocycles. The van der Waals surface area contributed by atoms with Crippen LogP contribution in [0.1, 0.15) is 31.4 Å². The summed E-state index contributed by atoms with van der Waals surface area (Å²) in [6.45, 7) is 5.84. The van der Waals surface area contributed by atoms with Gasteiger partial charge in [0.1, 0.15) is 0 Å². The number of halogens is 1. The Morgan fingerprint density at radius 2 is 2.17 bits per heavy atom. The maximum atomic E-state index is 6.31. The summed E-state index contributed by atoms with van der Waals surface area (Å²) in [6, 6.07) is 9.36. The van der Waals surface area contributed by atoms with Crippen LogP contribution in [0.3, 0.4) is 0 Å². The van der Waals surface area contributed by atoms with Crippen molar-refractivity contribution in [1.82, 2.24) is 10.2 Å². The largest absolute Gasteiger partial charge is 0.312 e. The van der Waals surface area contributed by atoms with Gasteiger partial charge in [-0.2, -0.15) is 0 Å². The second-order valence-corrected chi connectivity index (χ2v) is 6.02. The number of likely N-dealkylation sites (tertiary alicyclic amines) is 1. The fourth-order valence-corrected chi connectivity index (χ4v) is 3.70. The van der Waals surface area contributed by atoms with Crippen molar-refractivity contribution in [2.45, 2.75) is 31.8 Å². The Hall–Kier alpha value is -0.570. The van der Waals surface area contributed by atoms with Crippen LogP contribution in [0.2, 0.25) is 5.02 Å². The predicted molar refractivity (Wildman–Crippen MR) is 76.0 cm³/mol. The van der Waals surface area contributed by atoms with Gasteiger partial charge in [0.15, 0.2) is 0 Å². The van der Waals surface area contributed by atoms with E-state index >= 15 is 0 Å². The summed E-state index contributed by atoms with van der Waals surface area (Å²) in [5, 5.41) is 4.55. The van der Waals surface area contributed by atoms with E-state index in [0.29, 0.717) is 12.1 Å². The first kappa shape index (κ1) is 12.5. The topological polar surface area (TPSA) is 15.3 Å². The van der Waals surface area contributed by atoms with Crippen LogP contribution in [-0.4, -0.2) is 30.6 Å². The van der Waals surface area contributed by atoms with Crippen molar-refractivity contribution in [2.24, 2.45) is 5.92 Å². The van der Waals surface area contributed by atoms with Crippen LogP contribution in [0.4, 0.5) is 0 Å². The van der Waals surface area contributed by atoms with Crippen LogP contribution < -0.4 is 5.32 Å². The summed E-state index contributed by atoms with van der Waals surface area (Å²) in [4.78, 5) is 2.58. The third-order valence-corrected chi connectivity index (χ3v) is 4.87. The fraction of sp³-hybridized carbons (Fsp3) is 0.600. The minimum atomic E-state index is 0.422. The third-order valence-electron chi connectivity index (χ3n) is 4.53. The molecule has 1 aromatic carbocycles. The van der Waals surface area contributed by atoms with Crippen molar-refractivity contribution >= 4 is 11.6 Å². The van der Waals surface area contributed by atoms with Crippen molar-refractivity contribution in [1.29, 1.82) is 0 Å². The van der Waals surface area contributed by atoms with Gasteiger partial charge in [-0.1, -0.05) is 29.8 Å². The van der Waals surface area contributed by atoms with Gasteiger partial charge in [-0.25, -0.2) is 0 Å². The van der Waals surface area contributed by atoms with Crippen LogP contribution in [0, 0.1) is 5.92 Å². The molecular weight excluding hydrogens is 244 g/mol. The quantitative estimate of drug-likeness (QED) is 0.883. The molecule has 2 aliphatic rings. The Morgan fingerprint density at radius 3 is 2.94 bits per heavy atom. The lowest BCUT2D eigenvalue weighted by Crippen LogP contribution is -2.40. The Kier molecular flexibility index (Phi) is 3.60. The molecule has 3 rings (SSSR count). The van der Waals surface area contributed by atoms with Gasteiger partial charge < -0.3 is 5.32 Å². The molecule has 2 aliphatic heterocycles.